The molecule has 1 saturated heterocycles. The van der Waals surface area contributed by atoms with Crippen LogP contribution in [0.3, 0.4) is 0 Å². The number of carbonyl (C=O) groups excluding carboxylic acids is 2. The van der Waals surface area contributed by atoms with E-state index in [4.69, 9.17) is 11.6 Å². The van der Waals surface area contributed by atoms with Crippen molar-refractivity contribution in [1.29, 1.82) is 0 Å². The number of carbonyl (C=O) groups is 2. The van der Waals surface area contributed by atoms with Crippen molar-refractivity contribution in [3.05, 3.63) is 63.7 Å². The van der Waals surface area contributed by atoms with Gasteiger partial charge in [0.15, 0.2) is 0 Å². The second-order valence-electron chi connectivity index (χ2n) is 7.44. The highest BCUT2D eigenvalue weighted by Crippen LogP contribution is 2.25. The lowest BCUT2D eigenvalue weighted by Crippen LogP contribution is -2.43. The van der Waals surface area contributed by atoms with Gasteiger partial charge in [0.25, 0.3) is 5.91 Å². The lowest BCUT2D eigenvalue weighted by atomic mass is 9.96. The fourth-order valence-electron chi connectivity index (χ4n) is 3.61. The summed E-state index contributed by atoms with van der Waals surface area (Å²) in [7, 11) is 0. The third-order valence-corrected chi connectivity index (χ3v) is 5.24. The first kappa shape index (κ1) is 19.4. The van der Waals surface area contributed by atoms with E-state index < -0.39 is 0 Å². The topological polar surface area (TPSA) is 49.4 Å². The number of nitrogens with zero attached hydrogens (tertiary/aromatic N) is 1. The van der Waals surface area contributed by atoms with Crippen LogP contribution in [0, 0.1) is 26.7 Å². The fraction of sp³-hybridized carbons (Fsp3) is 0.364. The summed E-state index contributed by atoms with van der Waals surface area (Å²) in [6.45, 7) is 7.04. The van der Waals surface area contributed by atoms with Gasteiger partial charge in [0, 0.05) is 18.7 Å². The van der Waals surface area contributed by atoms with Crippen LogP contribution in [0.2, 0.25) is 5.02 Å². The third kappa shape index (κ3) is 4.69. The summed E-state index contributed by atoms with van der Waals surface area (Å²) in [6.07, 6.45) is 1.59. The first-order valence-electron chi connectivity index (χ1n) is 9.28. The minimum atomic E-state index is -0.231. The number of nitrogens with one attached hydrogen (secondary N) is 1. The first-order chi connectivity index (χ1) is 12.8. The number of hydrogen-bond acceptors (Lipinski definition) is 2. The normalized spacial score (nSPS) is 16.9. The molecule has 3 rings (SSSR count). The van der Waals surface area contributed by atoms with Crippen LogP contribution < -0.4 is 5.32 Å². The molecule has 2 amide bonds. The second kappa shape index (κ2) is 8.13. The van der Waals surface area contributed by atoms with Gasteiger partial charge in [0.05, 0.1) is 16.6 Å². The Labute approximate surface area is 165 Å². The molecular weight excluding hydrogens is 360 g/mol. The molecule has 0 saturated carbocycles. The van der Waals surface area contributed by atoms with E-state index in [0.717, 1.165) is 29.5 Å². The summed E-state index contributed by atoms with van der Waals surface area (Å²) in [4.78, 5) is 27.4. The summed E-state index contributed by atoms with van der Waals surface area (Å²) in [6, 6.07) is 11.4. The number of likely N-dealkylation sites (tertiary alicyclic amines) is 1. The first-order valence-corrected chi connectivity index (χ1v) is 9.66. The van der Waals surface area contributed by atoms with E-state index in [9.17, 15) is 9.59 Å². The Kier molecular flexibility index (Phi) is 5.85. The Morgan fingerprint density at radius 2 is 1.74 bits per heavy atom. The Hall–Kier alpha value is -2.33. The quantitative estimate of drug-likeness (QED) is 0.829. The standard InChI is InChI=1S/C22H25ClN2O2/c1-14-6-7-20(19(23)12-14)24-21(26)17-5-4-8-25(13-17)22(27)18-10-15(2)9-16(3)11-18/h6-7,9-12,17H,4-5,8,13H2,1-3H3,(H,24,26)/t17-/m1/s1. The molecule has 5 heteroatoms. The summed E-state index contributed by atoms with van der Waals surface area (Å²) >= 11 is 6.22. The Balaban J connectivity index is 1.69. The van der Waals surface area contributed by atoms with Gasteiger partial charge in [-0.3, -0.25) is 9.59 Å². The van der Waals surface area contributed by atoms with E-state index in [1.54, 1.807) is 4.90 Å². The number of anilines is 1. The van der Waals surface area contributed by atoms with E-state index in [1.165, 1.54) is 0 Å². The second-order valence-corrected chi connectivity index (χ2v) is 7.85. The highest BCUT2D eigenvalue weighted by Gasteiger charge is 2.29. The minimum Gasteiger partial charge on any atom is -0.338 e. The molecule has 0 bridgehead atoms. The van der Waals surface area contributed by atoms with E-state index in [0.29, 0.717) is 29.4 Å². The predicted octanol–water partition coefficient (Wildman–Crippen LogP) is 4.76. The highest BCUT2D eigenvalue weighted by atomic mass is 35.5. The molecular formula is C22H25ClN2O2. The van der Waals surface area contributed by atoms with Gasteiger partial charge in [-0.05, 0) is 63.4 Å². The molecule has 1 N–H and O–H groups in total. The molecule has 4 nitrogen and oxygen atoms in total. The Morgan fingerprint density at radius 1 is 1.04 bits per heavy atom. The van der Waals surface area contributed by atoms with Crippen LogP contribution in [0.1, 0.15) is 39.9 Å². The highest BCUT2D eigenvalue weighted by molar-refractivity contribution is 6.33. The van der Waals surface area contributed by atoms with Gasteiger partial charge in [-0.15, -0.1) is 0 Å². The average molecular weight is 385 g/mol. The van der Waals surface area contributed by atoms with Crippen molar-refractivity contribution in [1.82, 2.24) is 4.90 Å². The lowest BCUT2D eigenvalue weighted by Gasteiger charge is -2.32. The van der Waals surface area contributed by atoms with E-state index in [1.807, 2.05) is 51.1 Å². The zero-order valence-corrected chi connectivity index (χ0v) is 16.8. The largest absolute Gasteiger partial charge is 0.338 e. The van der Waals surface area contributed by atoms with Gasteiger partial charge >= 0.3 is 0 Å². The SMILES string of the molecule is Cc1cc(C)cc(C(=O)N2CCC[C@@H](C(=O)Nc3ccc(C)cc3Cl)C2)c1. The van der Waals surface area contributed by atoms with Crippen LogP contribution in [0.4, 0.5) is 5.69 Å². The molecule has 1 fully saturated rings. The van der Waals surface area contributed by atoms with Crippen LogP contribution in [0.25, 0.3) is 0 Å². The average Bonchev–Trinajstić information content (AvgIpc) is 2.62. The van der Waals surface area contributed by atoms with Crippen LogP contribution in [-0.2, 0) is 4.79 Å². The van der Waals surface area contributed by atoms with E-state index in [2.05, 4.69) is 11.4 Å². The molecule has 1 heterocycles. The van der Waals surface area contributed by atoms with Crippen LogP contribution in [0.15, 0.2) is 36.4 Å². The number of rotatable bonds is 3. The molecule has 0 unspecified atom stereocenters. The molecule has 0 radical (unpaired) electrons. The van der Waals surface area contributed by atoms with Gasteiger partial charge in [-0.1, -0.05) is 34.9 Å². The monoisotopic (exact) mass is 384 g/mol. The maximum Gasteiger partial charge on any atom is 0.253 e. The van der Waals surface area contributed by atoms with Crippen molar-refractivity contribution in [3.8, 4) is 0 Å². The Morgan fingerprint density at radius 3 is 2.41 bits per heavy atom. The van der Waals surface area contributed by atoms with Crippen molar-refractivity contribution >= 4 is 29.1 Å². The summed E-state index contributed by atoms with van der Waals surface area (Å²) < 4.78 is 0. The number of amides is 2. The van der Waals surface area contributed by atoms with Gasteiger partial charge in [0.2, 0.25) is 5.91 Å². The van der Waals surface area contributed by atoms with Crippen molar-refractivity contribution < 1.29 is 9.59 Å². The van der Waals surface area contributed by atoms with E-state index >= 15 is 0 Å². The summed E-state index contributed by atoms with van der Waals surface area (Å²) in [5.74, 6) is -0.322. The maximum atomic E-state index is 12.9. The van der Waals surface area contributed by atoms with Crippen molar-refractivity contribution in [2.24, 2.45) is 5.92 Å². The van der Waals surface area contributed by atoms with Crippen LogP contribution >= 0.6 is 11.6 Å². The molecule has 0 aromatic heterocycles. The van der Waals surface area contributed by atoms with E-state index in [-0.39, 0.29) is 17.7 Å². The van der Waals surface area contributed by atoms with Gasteiger partial charge in [0.1, 0.15) is 0 Å². The number of halogens is 1. The molecule has 1 aliphatic rings. The van der Waals surface area contributed by atoms with Crippen molar-refractivity contribution in [3.63, 3.8) is 0 Å². The van der Waals surface area contributed by atoms with Crippen LogP contribution in [0.5, 0.6) is 0 Å². The zero-order valence-electron chi connectivity index (χ0n) is 16.0. The number of hydrogen-bond donors (Lipinski definition) is 1. The molecule has 2 aromatic rings. The molecule has 1 aliphatic heterocycles. The predicted molar refractivity (Wildman–Crippen MR) is 109 cm³/mol. The number of benzene rings is 2. The molecule has 1 atom stereocenters. The maximum absolute atomic E-state index is 12.9. The smallest absolute Gasteiger partial charge is 0.253 e. The summed E-state index contributed by atoms with van der Waals surface area (Å²) in [5.41, 5.74) is 4.48. The zero-order chi connectivity index (χ0) is 19.6. The van der Waals surface area contributed by atoms with Crippen molar-refractivity contribution in [2.45, 2.75) is 33.6 Å². The molecule has 142 valence electrons. The van der Waals surface area contributed by atoms with Gasteiger partial charge in [-0.25, -0.2) is 0 Å². The van der Waals surface area contributed by atoms with Gasteiger partial charge in [-0.2, -0.15) is 0 Å². The molecule has 2 aromatic carbocycles. The minimum absolute atomic E-state index is 0.00679. The Bertz CT molecular complexity index is 858. The van der Waals surface area contributed by atoms with Gasteiger partial charge < -0.3 is 10.2 Å². The summed E-state index contributed by atoms with van der Waals surface area (Å²) in [5, 5.41) is 3.45. The molecule has 27 heavy (non-hydrogen) atoms. The molecule has 0 spiro atoms. The number of piperidine rings is 1. The fourth-order valence-corrected chi connectivity index (χ4v) is 3.89. The lowest BCUT2D eigenvalue weighted by molar-refractivity contribution is -0.121. The third-order valence-electron chi connectivity index (χ3n) is 4.93. The number of aryl methyl sites for hydroxylation is 3. The van der Waals surface area contributed by atoms with Crippen molar-refractivity contribution in [2.75, 3.05) is 18.4 Å². The molecule has 0 aliphatic carbocycles. The van der Waals surface area contributed by atoms with Crippen LogP contribution in [-0.4, -0.2) is 29.8 Å².